The zero-order valence-electron chi connectivity index (χ0n) is 29.5. The maximum atomic E-state index is 13.2. The lowest BCUT2D eigenvalue weighted by atomic mass is 9.80. The monoisotopic (exact) mass is 688 g/mol. The van der Waals surface area contributed by atoms with Crippen LogP contribution in [-0.2, 0) is 24.3 Å². The molecule has 5 rings (SSSR count). The molecule has 2 heterocycles. The number of hydroxylamine groups is 1. The molecular weight excluding hydrogens is 641 g/mol. The zero-order valence-corrected chi connectivity index (χ0v) is 30.5. The van der Waals surface area contributed by atoms with Gasteiger partial charge in [-0.2, -0.15) is 10.5 Å². The van der Waals surface area contributed by atoms with E-state index >= 15 is 0 Å². The zero-order chi connectivity index (χ0) is 35.4. The van der Waals surface area contributed by atoms with E-state index in [2.05, 4.69) is 44.3 Å². The highest BCUT2D eigenvalue weighted by Gasteiger charge is 2.52. The third-order valence-electron chi connectivity index (χ3n) is 9.60. The van der Waals surface area contributed by atoms with Gasteiger partial charge in [0.25, 0.3) is 0 Å². The van der Waals surface area contributed by atoms with Crippen LogP contribution >= 0.6 is 0 Å². The van der Waals surface area contributed by atoms with E-state index in [0.29, 0.717) is 0 Å². The molecule has 0 unspecified atom stereocenters. The molecule has 1 aromatic heterocycles. The van der Waals surface area contributed by atoms with Crippen LogP contribution in [0.15, 0.2) is 95.9 Å². The molecule has 0 bridgehead atoms. The molecule has 4 atom stereocenters. The fraction of sp³-hybridized carbons (Fsp3) is 0.405. The fourth-order valence-corrected chi connectivity index (χ4v) is 7.27. The Labute approximate surface area is 289 Å². The Morgan fingerprint density at radius 2 is 1.41 bits per heavy atom. The SMILES string of the molecule is CON[C@@H]1[C@H](O[Si](C)(C)C(C)(C)C)[C@@H](COC(c2ccccc2)(c2ccc(OC)cc2)c2ccc(OC)cc2)O[C@H]1n1ccc(N)nc1=O. The molecule has 3 aromatic carbocycles. The lowest BCUT2D eigenvalue weighted by Crippen LogP contribution is -2.54. The number of benzene rings is 3. The van der Waals surface area contributed by atoms with Crippen molar-refractivity contribution in [1.82, 2.24) is 15.0 Å². The number of rotatable bonds is 13. The first-order valence-electron chi connectivity index (χ1n) is 16.3. The molecular formula is C37H48N4O7Si. The second kappa shape index (κ2) is 14.8. The highest BCUT2D eigenvalue weighted by atomic mass is 28.4. The van der Waals surface area contributed by atoms with Crippen molar-refractivity contribution in [3.8, 4) is 11.5 Å². The highest BCUT2D eigenvalue weighted by molar-refractivity contribution is 6.74. The van der Waals surface area contributed by atoms with Crippen molar-refractivity contribution in [2.75, 3.05) is 33.7 Å². The van der Waals surface area contributed by atoms with Gasteiger partial charge in [0.2, 0.25) is 0 Å². The van der Waals surface area contributed by atoms with Crippen molar-refractivity contribution in [2.24, 2.45) is 0 Å². The van der Waals surface area contributed by atoms with Crippen LogP contribution in [0.2, 0.25) is 18.1 Å². The number of nitrogen functional groups attached to an aromatic ring is 1. The van der Waals surface area contributed by atoms with E-state index in [1.54, 1.807) is 26.5 Å². The summed E-state index contributed by atoms with van der Waals surface area (Å²) in [4.78, 5) is 22.6. The number of hydrogen-bond acceptors (Lipinski definition) is 10. The van der Waals surface area contributed by atoms with E-state index in [0.717, 1.165) is 28.2 Å². The number of hydrogen-bond donors (Lipinski definition) is 2. The third-order valence-corrected chi connectivity index (χ3v) is 14.1. The number of aromatic nitrogens is 2. The van der Waals surface area contributed by atoms with E-state index in [1.807, 2.05) is 78.9 Å². The van der Waals surface area contributed by atoms with Crippen molar-refractivity contribution in [3.63, 3.8) is 0 Å². The Bertz CT molecular complexity index is 1680. The van der Waals surface area contributed by atoms with Crippen LogP contribution < -0.4 is 26.4 Å². The van der Waals surface area contributed by atoms with Gasteiger partial charge in [0.15, 0.2) is 14.5 Å². The minimum atomic E-state index is -2.41. The predicted octanol–water partition coefficient (Wildman–Crippen LogP) is 5.66. The van der Waals surface area contributed by atoms with Crippen molar-refractivity contribution >= 4 is 14.1 Å². The number of nitrogens with zero attached hydrogens (tertiary/aromatic N) is 2. The van der Waals surface area contributed by atoms with E-state index < -0.39 is 44.1 Å². The van der Waals surface area contributed by atoms with Crippen molar-refractivity contribution < 1.29 is 28.2 Å². The molecule has 1 aliphatic rings. The summed E-state index contributed by atoms with van der Waals surface area (Å²) in [5.74, 6) is 1.57. The average molecular weight is 689 g/mol. The molecule has 3 N–H and O–H groups in total. The van der Waals surface area contributed by atoms with E-state index in [-0.39, 0.29) is 17.5 Å². The first-order valence-corrected chi connectivity index (χ1v) is 19.2. The number of nitrogens with two attached hydrogens (primary N) is 1. The average Bonchev–Trinajstić information content (AvgIpc) is 3.41. The number of ether oxygens (including phenoxy) is 4. The fourth-order valence-electron chi connectivity index (χ4n) is 5.94. The van der Waals surface area contributed by atoms with Crippen molar-refractivity contribution in [1.29, 1.82) is 0 Å². The summed E-state index contributed by atoms with van der Waals surface area (Å²) in [6, 6.07) is 26.7. The number of nitrogens with one attached hydrogen (secondary N) is 1. The predicted molar refractivity (Wildman–Crippen MR) is 191 cm³/mol. The summed E-state index contributed by atoms with van der Waals surface area (Å²) < 4.78 is 33.5. The molecule has 4 aromatic rings. The van der Waals surface area contributed by atoms with Crippen LogP contribution in [0.4, 0.5) is 5.82 Å². The van der Waals surface area contributed by atoms with Gasteiger partial charge in [-0.1, -0.05) is 75.4 Å². The Kier molecular flexibility index (Phi) is 11.0. The molecule has 1 saturated heterocycles. The minimum Gasteiger partial charge on any atom is -0.497 e. The molecule has 0 saturated carbocycles. The Hall–Kier alpha value is -4.04. The van der Waals surface area contributed by atoms with Gasteiger partial charge in [0, 0.05) is 6.20 Å². The standard InChI is InChI=1S/C37H48N4O7Si/c1-36(2,3)49(7,8)48-33-30(47-34(32(33)40-45-6)41-23-22-31(38)39-35(41)42)24-46-37(25-12-10-9-11-13-25,26-14-18-28(43-4)19-15-26)27-16-20-29(44-5)21-17-27/h9-23,30,32-34,40H,24H2,1-8H3,(H2,38,39,42)/t30-,32-,33-,34-/m1/s1. The van der Waals surface area contributed by atoms with Crippen LogP contribution in [0.1, 0.15) is 43.7 Å². The van der Waals surface area contributed by atoms with E-state index in [9.17, 15) is 4.79 Å². The quantitative estimate of drug-likeness (QED) is 0.103. The summed E-state index contributed by atoms with van der Waals surface area (Å²) in [7, 11) is 2.41. The Morgan fingerprint density at radius 1 is 0.857 bits per heavy atom. The minimum absolute atomic E-state index is 0.0851. The second-order valence-electron chi connectivity index (χ2n) is 13.6. The maximum absolute atomic E-state index is 13.2. The first kappa shape index (κ1) is 36.2. The van der Waals surface area contributed by atoms with Gasteiger partial charge in [-0.3, -0.25) is 4.57 Å². The molecule has 262 valence electrons. The summed E-state index contributed by atoms with van der Waals surface area (Å²) in [6.07, 6.45) is -0.474. The second-order valence-corrected chi connectivity index (χ2v) is 18.4. The van der Waals surface area contributed by atoms with E-state index in [4.69, 9.17) is 33.9 Å². The largest absolute Gasteiger partial charge is 0.497 e. The number of anilines is 1. The Balaban J connectivity index is 1.65. The summed E-state index contributed by atoms with van der Waals surface area (Å²) >= 11 is 0. The van der Waals surface area contributed by atoms with Crippen LogP contribution in [0.3, 0.4) is 0 Å². The lowest BCUT2D eigenvalue weighted by Gasteiger charge is -2.41. The van der Waals surface area contributed by atoms with Gasteiger partial charge in [0.05, 0.1) is 34.0 Å². The van der Waals surface area contributed by atoms with Crippen LogP contribution in [0, 0.1) is 0 Å². The highest BCUT2D eigenvalue weighted by Crippen LogP contribution is 2.45. The Morgan fingerprint density at radius 3 is 1.90 bits per heavy atom. The topological polar surface area (TPSA) is 128 Å². The van der Waals surface area contributed by atoms with Crippen LogP contribution in [-0.4, -0.2) is 64.1 Å². The van der Waals surface area contributed by atoms with Gasteiger partial charge in [-0.25, -0.2) is 4.79 Å². The number of methoxy groups -OCH3 is 2. The summed E-state index contributed by atoms with van der Waals surface area (Å²) in [6.45, 7) is 11.0. The molecule has 1 aliphatic heterocycles. The van der Waals surface area contributed by atoms with Gasteiger partial charge >= 0.3 is 5.69 Å². The lowest BCUT2D eigenvalue weighted by molar-refractivity contribution is -0.0940. The molecule has 12 heteroatoms. The van der Waals surface area contributed by atoms with Gasteiger partial charge in [0.1, 0.15) is 35.1 Å². The molecule has 49 heavy (non-hydrogen) atoms. The summed E-state index contributed by atoms with van der Waals surface area (Å²) in [5, 5.41) is -0.117. The smallest absolute Gasteiger partial charge is 0.351 e. The third kappa shape index (κ3) is 7.44. The normalized spacial score (nSPS) is 19.9. The summed E-state index contributed by atoms with van der Waals surface area (Å²) in [5.41, 5.74) is 9.95. The molecule has 0 aliphatic carbocycles. The molecule has 0 spiro atoms. The van der Waals surface area contributed by atoms with Crippen molar-refractivity contribution in [2.45, 2.75) is 69.0 Å². The maximum Gasteiger partial charge on any atom is 0.351 e. The van der Waals surface area contributed by atoms with E-state index in [1.165, 1.54) is 11.7 Å². The van der Waals surface area contributed by atoms with Crippen LogP contribution in [0.5, 0.6) is 11.5 Å². The molecule has 0 amide bonds. The molecule has 0 radical (unpaired) electrons. The van der Waals surface area contributed by atoms with Gasteiger partial charge < -0.3 is 33.9 Å². The van der Waals surface area contributed by atoms with Gasteiger partial charge in [-0.05, 0) is 65.2 Å². The molecule has 11 nitrogen and oxygen atoms in total. The van der Waals surface area contributed by atoms with Gasteiger partial charge in [-0.15, -0.1) is 0 Å². The van der Waals surface area contributed by atoms with Crippen molar-refractivity contribution in [3.05, 3.63) is 118 Å². The van der Waals surface area contributed by atoms with Crippen LogP contribution in [0.25, 0.3) is 0 Å². The molecule has 1 fully saturated rings. The first-order chi connectivity index (χ1) is 23.3.